The molecule has 1 atom stereocenters. The molecule has 1 aliphatic rings. The normalized spacial score (nSPS) is 14.4. The molecular formula is C20H19N4O4S+. The van der Waals surface area contributed by atoms with Crippen LogP contribution in [0.15, 0.2) is 58.5 Å². The molecule has 0 saturated heterocycles. The van der Waals surface area contributed by atoms with Gasteiger partial charge in [-0.2, -0.15) is 0 Å². The number of aromatic nitrogens is 3. The lowest BCUT2D eigenvalue weighted by atomic mass is 10.0. The van der Waals surface area contributed by atoms with Crippen molar-refractivity contribution in [2.24, 2.45) is 0 Å². The molecular weight excluding hydrogens is 392 g/mol. The molecule has 0 saturated carbocycles. The minimum atomic E-state index is -1.06. The molecule has 1 aliphatic heterocycles. The number of hydrogen-bond acceptors (Lipinski definition) is 6. The second-order valence-electron chi connectivity index (χ2n) is 6.30. The summed E-state index contributed by atoms with van der Waals surface area (Å²) in [6.45, 7) is 1.52. The predicted molar refractivity (Wildman–Crippen MR) is 108 cm³/mol. The van der Waals surface area contributed by atoms with E-state index < -0.39 is 18.7 Å². The van der Waals surface area contributed by atoms with Gasteiger partial charge in [0.15, 0.2) is 6.61 Å². The van der Waals surface area contributed by atoms with Gasteiger partial charge in [0.05, 0.1) is 16.8 Å². The summed E-state index contributed by atoms with van der Waals surface area (Å²) in [6, 6.07) is 14.6. The quantitative estimate of drug-likeness (QED) is 0.422. The number of aliphatic carboxylic acids is 1. The van der Waals surface area contributed by atoms with Gasteiger partial charge in [-0.15, -0.1) is 0 Å². The monoisotopic (exact) mass is 411 g/mol. The van der Waals surface area contributed by atoms with Gasteiger partial charge in [-0.1, -0.05) is 43.0 Å². The van der Waals surface area contributed by atoms with Crippen molar-refractivity contribution in [2.45, 2.75) is 18.2 Å². The standard InChI is InChI=1S/C20H18N4O4S/c1-2-29-20-22-19(27)17-12-7-3-5-9-14(12)21-18(24(17)23-20)13-8-4-6-10-15(13)28-11-16(25)26/h3-10,18H,2,11H2,1H3,(H2,22,23,25,26,27)/p+1/t18-/m1/s1. The number of carboxylic acids is 1. The molecule has 29 heavy (non-hydrogen) atoms. The topological polar surface area (TPSA) is 108 Å². The number of ether oxygens (including phenoxy) is 1. The Bertz CT molecular complexity index is 1130. The molecule has 1 aromatic heterocycles. The molecule has 3 aromatic rings. The van der Waals surface area contributed by atoms with E-state index in [-0.39, 0.29) is 5.56 Å². The van der Waals surface area contributed by atoms with Crippen LogP contribution in [0.4, 0.5) is 5.69 Å². The van der Waals surface area contributed by atoms with E-state index in [4.69, 9.17) is 9.84 Å². The van der Waals surface area contributed by atoms with E-state index in [9.17, 15) is 9.59 Å². The van der Waals surface area contributed by atoms with Crippen molar-refractivity contribution >= 4 is 23.4 Å². The first-order valence-electron chi connectivity index (χ1n) is 9.07. The molecule has 0 fully saturated rings. The molecule has 2 aromatic carbocycles. The minimum absolute atomic E-state index is 0.237. The molecule has 0 bridgehead atoms. The van der Waals surface area contributed by atoms with E-state index in [0.29, 0.717) is 22.2 Å². The summed E-state index contributed by atoms with van der Waals surface area (Å²) in [5, 5.41) is 17.6. The number of rotatable bonds is 6. The summed E-state index contributed by atoms with van der Waals surface area (Å²) in [4.78, 5) is 26.8. The molecule has 2 heterocycles. The van der Waals surface area contributed by atoms with Gasteiger partial charge in [-0.05, 0) is 34.7 Å². The van der Waals surface area contributed by atoms with E-state index in [1.807, 2.05) is 43.3 Å². The minimum Gasteiger partial charge on any atom is -0.481 e. The number of benzene rings is 2. The van der Waals surface area contributed by atoms with Crippen LogP contribution < -0.4 is 20.3 Å². The van der Waals surface area contributed by atoms with E-state index >= 15 is 0 Å². The maximum atomic E-state index is 12.9. The van der Waals surface area contributed by atoms with Gasteiger partial charge in [-0.25, -0.2) is 4.79 Å². The van der Waals surface area contributed by atoms with Crippen molar-refractivity contribution in [1.82, 2.24) is 10.1 Å². The highest BCUT2D eigenvalue weighted by molar-refractivity contribution is 7.99. The molecule has 3 N–H and O–H groups in total. The highest BCUT2D eigenvalue weighted by atomic mass is 32.2. The van der Waals surface area contributed by atoms with Crippen molar-refractivity contribution in [3.8, 4) is 17.0 Å². The number of anilines is 1. The lowest BCUT2D eigenvalue weighted by Crippen LogP contribution is -2.55. The van der Waals surface area contributed by atoms with E-state index in [0.717, 1.165) is 17.0 Å². The molecule has 8 nitrogen and oxygen atoms in total. The number of carbonyl (C=O) groups is 1. The maximum Gasteiger partial charge on any atom is 0.341 e. The Kier molecular flexibility index (Phi) is 5.22. The third kappa shape index (κ3) is 3.68. The molecule has 4 rings (SSSR count). The third-order valence-electron chi connectivity index (χ3n) is 4.43. The number of fused-ring (bicyclic) bond motifs is 3. The Morgan fingerprint density at radius 2 is 2.00 bits per heavy atom. The second kappa shape index (κ2) is 7.96. The smallest absolute Gasteiger partial charge is 0.341 e. The number of carboxylic acid groups (broad SMARTS) is 1. The van der Waals surface area contributed by atoms with Gasteiger partial charge in [0, 0.05) is 5.10 Å². The Morgan fingerprint density at radius 1 is 1.24 bits per heavy atom. The van der Waals surface area contributed by atoms with Crippen LogP contribution in [0, 0.1) is 0 Å². The van der Waals surface area contributed by atoms with Crippen LogP contribution in [0.5, 0.6) is 5.75 Å². The molecule has 148 valence electrons. The Morgan fingerprint density at radius 3 is 2.79 bits per heavy atom. The fourth-order valence-electron chi connectivity index (χ4n) is 3.28. The van der Waals surface area contributed by atoms with Crippen LogP contribution in [0.25, 0.3) is 11.3 Å². The number of nitrogens with zero attached hydrogens (tertiary/aromatic N) is 2. The van der Waals surface area contributed by atoms with Crippen LogP contribution in [0.1, 0.15) is 18.7 Å². The summed E-state index contributed by atoms with van der Waals surface area (Å²) in [6.07, 6.45) is -0.539. The van der Waals surface area contributed by atoms with Crippen LogP contribution in [0.2, 0.25) is 0 Å². The average molecular weight is 411 g/mol. The summed E-state index contributed by atoms with van der Waals surface area (Å²) < 4.78 is 7.13. The first-order valence-corrected chi connectivity index (χ1v) is 10.1. The first-order chi connectivity index (χ1) is 14.1. The number of aromatic amines is 1. The average Bonchev–Trinajstić information content (AvgIpc) is 2.72. The van der Waals surface area contributed by atoms with Gasteiger partial charge in [0.1, 0.15) is 5.75 Å². The Balaban J connectivity index is 1.89. The van der Waals surface area contributed by atoms with Crippen molar-refractivity contribution in [3.63, 3.8) is 0 Å². The Hall–Kier alpha value is -3.33. The zero-order valence-corrected chi connectivity index (χ0v) is 16.4. The molecule has 0 aliphatic carbocycles. The van der Waals surface area contributed by atoms with Gasteiger partial charge in [-0.3, -0.25) is 9.78 Å². The highest BCUT2D eigenvalue weighted by Crippen LogP contribution is 2.34. The molecule has 9 heteroatoms. The zero-order chi connectivity index (χ0) is 20.4. The number of nitrogens with one attached hydrogen (secondary N) is 2. The van der Waals surface area contributed by atoms with Crippen molar-refractivity contribution in [2.75, 3.05) is 17.7 Å². The van der Waals surface area contributed by atoms with Crippen molar-refractivity contribution in [3.05, 3.63) is 64.4 Å². The SMILES string of the molecule is CCSc1n[n+]2c(c(=O)[nH]1)-c1ccccc1N[C@H]2c1ccccc1OCC(=O)O. The molecule has 0 radical (unpaired) electrons. The largest absolute Gasteiger partial charge is 0.481 e. The summed E-state index contributed by atoms with van der Waals surface area (Å²) in [7, 11) is 0. The van der Waals surface area contributed by atoms with E-state index in [2.05, 4.69) is 15.4 Å². The summed E-state index contributed by atoms with van der Waals surface area (Å²) >= 11 is 1.43. The van der Waals surface area contributed by atoms with Gasteiger partial charge in [0.25, 0.3) is 6.17 Å². The summed E-state index contributed by atoms with van der Waals surface area (Å²) in [5.41, 5.74) is 2.40. The van der Waals surface area contributed by atoms with Crippen LogP contribution in [-0.2, 0) is 4.79 Å². The van der Waals surface area contributed by atoms with E-state index in [1.165, 1.54) is 11.8 Å². The van der Waals surface area contributed by atoms with Crippen LogP contribution in [0.3, 0.4) is 0 Å². The van der Waals surface area contributed by atoms with Crippen molar-refractivity contribution in [1.29, 1.82) is 0 Å². The fraction of sp³-hybridized carbons (Fsp3) is 0.200. The van der Waals surface area contributed by atoms with Gasteiger partial charge in [0.2, 0.25) is 5.16 Å². The zero-order valence-electron chi connectivity index (χ0n) is 15.6. The third-order valence-corrected chi connectivity index (χ3v) is 5.17. The van der Waals surface area contributed by atoms with Crippen molar-refractivity contribution < 1.29 is 19.3 Å². The highest BCUT2D eigenvalue weighted by Gasteiger charge is 2.39. The number of H-pyrrole nitrogens is 1. The van der Waals surface area contributed by atoms with Gasteiger partial charge >= 0.3 is 17.2 Å². The Labute approximate surface area is 170 Å². The van der Waals surface area contributed by atoms with Crippen LogP contribution >= 0.6 is 11.8 Å². The van der Waals surface area contributed by atoms with E-state index in [1.54, 1.807) is 16.8 Å². The molecule has 0 unspecified atom stereocenters. The predicted octanol–water partition coefficient (Wildman–Crippen LogP) is 2.27. The van der Waals surface area contributed by atoms with Gasteiger partial charge < -0.3 is 15.2 Å². The second-order valence-corrected chi connectivity index (χ2v) is 7.55. The molecule has 0 amide bonds. The number of para-hydroxylation sites is 2. The fourth-order valence-corrected chi connectivity index (χ4v) is 3.86. The first kappa shape index (κ1) is 19.0. The lowest BCUT2D eigenvalue weighted by molar-refractivity contribution is -0.759. The number of hydrogen-bond donors (Lipinski definition) is 3. The maximum absolute atomic E-state index is 12.9. The number of thioether (sulfide) groups is 1. The van der Waals surface area contributed by atoms with Crippen LogP contribution in [-0.4, -0.2) is 33.5 Å². The summed E-state index contributed by atoms with van der Waals surface area (Å²) in [5.74, 6) is 0.109. The molecule has 0 spiro atoms. The lowest BCUT2D eigenvalue weighted by Gasteiger charge is -2.23.